The van der Waals surface area contributed by atoms with Crippen molar-refractivity contribution < 1.29 is 9.53 Å². The Morgan fingerprint density at radius 2 is 2.00 bits per heavy atom. The maximum atomic E-state index is 11.7. The highest BCUT2D eigenvalue weighted by Gasteiger charge is 2.40. The van der Waals surface area contributed by atoms with Crippen molar-refractivity contribution >= 4 is 29.3 Å². The number of amides is 1. The summed E-state index contributed by atoms with van der Waals surface area (Å²) in [6, 6.07) is 5.79. The molecule has 22 heavy (non-hydrogen) atoms. The second-order valence-electron chi connectivity index (χ2n) is 6.65. The highest BCUT2D eigenvalue weighted by Crippen LogP contribution is 2.30. The minimum atomic E-state index is -0.483. The Morgan fingerprint density at radius 1 is 1.32 bits per heavy atom. The summed E-state index contributed by atoms with van der Waals surface area (Å²) in [7, 11) is 0. The zero-order valence-electron chi connectivity index (χ0n) is 13.2. The lowest BCUT2D eigenvalue weighted by molar-refractivity contribution is 0.0522. The minimum Gasteiger partial charge on any atom is -0.444 e. The molecule has 0 radical (unpaired) electrons. The quantitative estimate of drug-likeness (QED) is 0.855. The van der Waals surface area contributed by atoms with E-state index in [4.69, 9.17) is 27.9 Å². The summed E-state index contributed by atoms with van der Waals surface area (Å²) in [5.41, 5.74) is 0.473. The summed E-state index contributed by atoms with van der Waals surface area (Å²) in [5.74, 6) is 0. The highest BCUT2D eigenvalue weighted by molar-refractivity contribution is 6.33. The summed E-state index contributed by atoms with van der Waals surface area (Å²) in [5, 5.41) is 7.65. The van der Waals surface area contributed by atoms with Crippen molar-refractivity contribution in [1.29, 1.82) is 0 Å². The smallest absolute Gasteiger partial charge is 0.407 e. The fraction of sp³-hybridized carbons (Fsp3) is 0.562. The number of carbonyl (C=O) groups excluding carboxylic acids is 1. The van der Waals surface area contributed by atoms with Gasteiger partial charge in [0, 0.05) is 28.2 Å². The molecule has 0 saturated heterocycles. The van der Waals surface area contributed by atoms with Gasteiger partial charge in [0.15, 0.2) is 0 Å². The van der Waals surface area contributed by atoms with Crippen LogP contribution in [0.5, 0.6) is 0 Å². The van der Waals surface area contributed by atoms with Crippen LogP contribution in [0.1, 0.15) is 45.7 Å². The molecule has 0 spiro atoms. The molecular weight excluding hydrogens is 323 g/mol. The van der Waals surface area contributed by atoms with Crippen LogP contribution in [-0.2, 0) is 4.74 Å². The van der Waals surface area contributed by atoms with Crippen molar-refractivity contribution in [1.82, 2.24) is 10.6 Å². The van der Waals surface area contributed by atoms with E-state index in [2.05, 4.69) is 10.6 Å². The molecule has 4 nitrogen and oxygen atoms in total. The number of alkyl carbamates (subject to hydrolysis) is 1. The van der Waals surface area contributed by atoms with E-state index >= 15 is 0 Å². The van der Waals surface area contributed by atoms with Crippen LogP contribution in [0.15, 0.2) is 18.2 Å². The molecule has 0 heterocycles. The molecule has 2 N–H and O–H groups in total. The van der Waals surface area contributed by atoms with Crippen molar-refractivity contribution in [3.8, 4) is 0 Å². The zero-order chi connectivity index (χ0) is 16.5. The second kappa shape index (κ2) is 6.65. The first-order chi connectivity index (χ1) is 10.2. The molecule has 0 aromatic heterocycles. The summed E-state index contributed by atoms with van der Waals surface area (Å²) in [6.07, 6.45) is 0.497. The summed E-state index contributed by atoms with van der Waals surface area (Å²) >= 11 is 12.2. The van der Waals surface area contributed by atoms with E-state index in [9.17, 15) is 4.79 Å². The molecule has 1 saturated carbocycles. The third-order valence-corrected chi connectivity index (χ3v) is 3.96. The van der Waals surface area contributed by atoms with E-state index in [-0.39, 0.29) is 24.2 Å². The topological polar surface area (TPSA) is 50.4 Å². The fourth-order valence-corrected chi connectivity index (χ4v) is 2.72. The first-order valence-corrected chi connectivity index (χ1v) is 8.12. The number of benzene rings is 1. The molecule has 1 fully saturated rings. The summed E-state index contributed by atoms with van der Waals surface area (Å²) < 4.78 is 5.24. The minimum absolute atomic E-state index is 0.0571. The van der Waals surface area contributed by atoms with Crippen LogP contribution in [0.3, 0.4) is 0 Å². The first-order valence-electron chi connectivity index (χ1n) is 7.36. The number of hydrogen-bond donors (Lipinski definition) is 2. The average molecular weight is 345 g/mol. The third kappa shape index (κ3) is 5.04. The van der Waals surface area contributed by atoms with Gasteiger partial charge in [-0.05, 0) is 57.9 Å². The SMILES string of the molecule is CC(NC1CC1NC(=O)OC(C)(C)C)c1cc(Cl)ccc1Cl. The van der Waals surface area contributed by atoms with Gasteiger partial charge in [0.25, 0.3) is 0 Å². The van der Waals surface area contributed by atoms with E-state index in [1.54, 1.807) is 12.1 Å². The molecule has 0 bridgehead atoms. The van der Waals surface area contributed by atoms with E-state index in [1.807, 2.05) is 33.8 Å². The lowest BCUT2D eigenvalue weighted by atomic mass is 10.1. The monoisotopic (exact) mass is 344 g/mol. The summed E-state index contributed by atoms with van der Waals surface area (Å²) in [4.78, 5) is 11.7. The molecule has 3 unspecified atom stereocenters. The highest BCUT2D eigenvalue weighted by atomic mass is 35.5. The number of halogens is 2. The predicted molar refractivity (Wildman–Crippen MR) is 89.6 cm³/mol. The largest absolute Gasteiger partial charge is 0.444 e. The maximum absolute atomic E-state index is 11.7. The van der Waals surface area contributed by atoms with E-state index in [0.29, 0.717) is 10.0 Å². The number of carbonyl (C=O) groups is 1. The molecule has 6 heteroatoms. The molecule has 1 aromatic rings. The standard InChI is InChI=1S/C16H22Cl2N2O2/c1-9(11-7-10(17)5-6-12(11)18)19-13-8-14(13)20-15(21)22-16(2,3)4/h5-7,9,13-14,19H,8H2,1-4H3,(H,20,21). The van der Waals surface area contributed by atoms with Crippen molar-refractivity contribution in [2.24, 2.45) is 0 Å². The van der Waals surface area contributed by atoms with Gasteiger partial charge in [0.2, 0.25) is 0 Å². The maximum Gasteiger partial charge on any atom is 0.407 e. The van der Waals surface area contributed by atoms with Gasteiger partial charge in [-0.25, -0.2) is 4.79 Å². The van der Waals surface area contributed by atoms with Gasteiger partial charge in [0.1, 0.15) is 5.60 Å². The van der Waals surface area contributed by atoms with E-state index in [1.165, 1.54) is 0 Å². The Kier molecular flexibility index (Phi) is 5.25. The average Bonchev–Trinajstić information content (AvgIpc) is 3.07. The molecule has 1 aromatic carbocycles. The van der Waals surface area contributed by atoms with Gasteiger partial charge in [0.05, 0.1) is 0 Å². The Hall–Kier alpha value is -0.970. The van der Waals surface area contributed by atoms with Gasteiger partial charge < -0.3 is 15.4 Å². The Balaban J connectivity index is 1.84. The van der Waals surface area contributed by atoms with Gasteiger partial charge in [-0.1, -0.05) is 23.2 Å². The van der Waals surface area contributed by atoms with Crippen LogP contribution in [0.2, 0.25) is 10.0 Å². The Bertz CT molecular complexity index is 558. The normalized spacial score (nSPS) is 22.1. The first kappa shape index (κ1) is 17.4. The fourth-order valence-electron chi connectivity index (χ4n) is 2.25. The van der Waals surface area contributed by atoms with Gasteiger partial charge in [-0.3, -0.25) is 0 Å². The van der Waals surface area contributed by atoms with Gasteiger partial charge in [-0.2, -0.15) is 0 Å². The lowest BCUT2D eigenvalue weighted by Crippen LogP contribution is -2.37. The molecule has 2 rings (SSSR count). The summed E-state index contributed by atoms with van der Waals surface area (Å²) in [6.45, 7) is 7.57. The molecule has 122 valence electrons. The molecule has 0 aliphatic heterocycles. The molecular formula is C16H22Cl2N2O2. The van der Waals surface area contributed by atoms with Crippen molar-refractivity contribution in [2.45, 2.75) is 57.8 Å². The van der Waals surface area contributed by atoms with Crippen molar-refractivity contribution in [3.63, 3.8) is 0 Å². The van der Waals surface area contributed by atoms with E-state index in [0.717, 1.165) is 12.0 Å². The Morgan fingerprint density at radius 3 is 2.64 bits per heavy atom. The van der Waals surface area contributed by atoms with Crippen LogP contribution in [0.25, 0.3) is 0 Å². The zero-order valence-corrected chi connectivity index (χ0v) is 14.8. The number of hydrogen-bond acceptors (Lipinski definition) is 3. The van der Waals surface area contributed by atoms with Gasteiger partial charge >= 0.3 is 6.09 Å². The lowest BCUT2D eigenvalue weighted by Gasteiger charge is -2.20. The van der Waals surface area contributed by atoms with Gasteiger partial charge in [-0.15, -0.1) is 0 Å². The molecule has 1 amide bonds. The van der Waals surface area contributed by atoms with Crippen LogP contribution in [0, 0.1) is 0 Å². The Labute approximate surface area is 141 Å². The van der Waals surface area contributed by atoms with Crippen LogP contribution >= 0.6 is 23.2 Å². The predicted octanol–water partition coefficient (Wildman–Crippen LogP) is 4.31. The van der Waals surface area contributed by atoms with Crippen LogP contribution in [0.4, 0.5) is 4.79 Å². The van der Waals surface area contributed by atoms with Crippen molar-refractivity contribution in [3.05, 3.63) is 33.8 Å². The van der Waals surface area contributed by atoms with E-state index < -0.39 is 5.60 Å². The number of rotatable bonds is 4. The molecule has 1 aliphatic rings. The molecule has 1 aliphatic carbocycles. The number of ether oxygens (including phenoxy) is 1. The van der Waals surface area contributed by atoms with Crippen LogP contribution < -0.4 is 10.6 Å². The second-order valence-corrected chi connectivity index (χ2v) is 7.49. The third-order valence-electron chi connectivity index (χ3n) is 3.38. The van der Waals surface area contributed by atoms with Crippen LogP contribution in [-0.4, -0.2) is 23.8 Å². The molecule has 3 atom stereocenters. The van der Waals surface area contributed by atoms with Crippen molar-refractivity contribution in [2.75, 3.05) is 0 Å². The number of nitrogens with one attached hydrogen (secondary N) is 2.